The maximum absolute atomic E-state index is 10.8. The van der Waals surface area contributed by atoms with Crippen LogP contribution in [0.3, 0.4) is 0 Å². The van der Waals surface area contributed by atoms with Gasteiger partial charge in [0.15, 0.2) is 0 Å². The number of hydrogen-bond acceptors (Lipinski definition) is 6. The zero-order valence-electron chi connectivity index (χ0n) is 7.15. The van der Waals surface area contributed by atoms with Crippen LogP contribution in [0.1, 0.15) is 5.69 Å². The Labute approximate surface area is 78.0 Å². The van der Waals surface area contributed by atoms with Crippen molar-refractivity contribution in [2.75, 3.05) is 0 Å². The van der Waals surface area contributed by atoms with Gasteiger partial charge in [-0.1, -0.05) is 0 Å². The molecule has 0 aliphatic carbocycles. The Hall–Kier alpha value is -1.93. The molecule has 0 aliphatic rings. The summed E-state index contributed by atoms with van der Waals surface area (Å²) in [5.41, 5.74) is 11.7. The molecule has 1 heterocycles. The Morgan fingerprint density at radius 1 is 1.43 bits per heavy atom. The van der Waals surface area contributed by atoms with Gasteiger partial charge in [-0.2, -0.15) is 5.10 Å². The van der Waals surface area contributed by atoms with Gasteiger partial charge >= 0.3 is 5.69 Å². The minimum atomic E-state index is -0.792. The third-order valence-corrected chi connectivity index (χ3v) is 1.21. The van der Waals surface area contributed by atoms with Crippen molar-refractivity contribution in [3.63, 3.8) is 0 Å². The quantitative estimate of drug-likeness (QED) is 0.202. The molecule has 0 atom stereocenters. The van der Waals surface area contributed by atoms with Crippen molar-refractivity contribution in [3.05, 3.63) is 32.6 Å². The van der Waals surface area contributed by atoms with E-state index in [4.69, 9.17) is 11.5 Å². The van der Waals surface area contributed by atoms with Crippen LogP contribution in [0.15, 0.2) is 20.8 Å². The fourth-order valence-electron chi connectivity index (χ4n) is 0.750. The second kappa shape index (κ2) is 4.35. The molecule has 1 aromatic rings. The number of hydrazone groups is 1. The monoisotopic (exact) mass is 198 g/mol. The van der Waals surface area contributed by atoms with E-state index in [1.165, 1.54) is 12.3 Å². The van der Waals surface area contributed by atoms with Gasteiger partial charge in [-0.05, 0) is 0 Å². The van der Waals surface area contributed by atoms with E-state index in [1.807, 2.05) is 4.98 Å². The normalized spacial score (nSPS) is 11.1. The molecule has 76 valence electrons. The van der Waals surface area contributed by atoms with Crippen molar-refractivity contribution in [1.29, 1.82) is 0 Å². The summed E-state index contributed by atoms with van der Waals surface area (Å²) in [4.78, 5) is 25.9. The summed E-state index contributed by atoms with van der Waals surface area (Å²) in [5, 5.41) is 3.58. The van der Waals surface area contributed by atoms with Crippen LogP contribution in [-0.4, -0.2) is 22.5 Å². The number of H-pyrrole nitrogens is 2. The van der Waals surface area contributed by atoms with Gasteiger partial charge in [0, 0.05) is 6.07 Å². The summed E-state index contributed by atoms with van der Waals surface area (Å²) in [6.07, 6.45) is 0.434. The third kappa shape index (κ3) is 3.21. The minimum absolute atomic E-state index is 0.256. The molecule has 0 aliphatic heterocycles. The van der Waals surface area contributed by atoms with Crippen molar-refractivity contribution in [3.8, 4) is 0 Å². The van der Waals surface area contributed by atoms with Gasteiger partial charge in [-0.15, -0.1) is 0 Å². The average Bonchev–Trinajstić information content (AvgIpc) is 2.01. The van der Waals surface area contributed by atoms with E-state index in [0.29, 0.717) is 0 Å². The van der Waals surface area contributed by atoms with Gasteiger partial charge in [-0.25, -0.2) is 4.79 Å². The smallest absolute Gasteiger partial charge is 0.306 e. The average molecular weight is 198 g/mol. The zero-order valence-corrected chi connectivity index (χ0v) is 7.15. The first kappa shape index (κ1) is 10.2. The first-order valence-electron chi connectivity index (χ1n) is 3.71. The number of aromatic nitrogens is 2. The van der Waals surface area contributed by atoms with Crippen molar-refractivity contribution in [2.24, 2.45) is 16.6 Å². The Kier molecular flexibility index (Phi) is 3.15. The molecule has 0 aromatic carbocycles. The molecule has 0 amide bonds. The topological polar surface area (TPSA) is 142 Å². The highest BCUT2D eigenvalue weighted by atomic mass is 16.2. The Balaban J connectivity index is 2.82. The summed E-state index contributed by atoms with van der Waals surface area (Å²) in [6, 6.07) is 1.18. The molecule has 1 rings (SSSR count). The van der Waals surface area contributed by atoms with Crippen LogP contribution < -0.4 is 28.1 Å². The molecule has 14 heavy (non-hydrogen) atoms. The molecule has 8 nitrogen and oxygen atoms in total. The lowest BCUT2D eigenvalue weighted by molar-refractivity contribution is 0.572. The van der Waals surface area contributed by atoms with Crippen molar-refractivity contribution in [1.82, 2.24) is 15.4 Å². The first-order valence-corrected chi connectivity index (χ1v) is 3.71. The summed E-state index contributed by atoms with van der Waals surface area (Å²) in [6.45, 7) is 0. The minimum Gasteiger partial charge on any atom is -0.306 e. The fourth-order valence-corrected chi connectivity index (χ4v) is 0.750. The zero-order chi connectivity index (χ0) is 10.6. The molecule has 0 spiro atoms. The molecule has 7 N–H and O–H groups in total. The van der Waals surface area contributed by atoms with E-state index in [1.54, 1.807) is 0 Å². The molecule has 0 radical (unpaired) electrons. The summed E-state index contributed by atoms with van der Waals surface area (Å²) in [5.74, 6) is 0. The maximum atomic E-state index is 10.8. The number of rotatable bonds is 3. The van der Waals surface area contributed by atoms with Gasteiger partial charge in [-0.3, -0.25) is 26.7 Å². The van der Waals surface area contributed by atoms with E-state index in [2.05, 4.69) is 15.5 Å². The highest BCUT2D eigenvalue weighted by molar-refractivity contribution is 5.76. The largest absolute Gasteiger partial charge is 0.326 e. The Morgan fingerprint density at radius 3 is 2.71 bits per heavy atom. The lowest BCUT2D eigenvalue weighted by Crippen LogP contribution is -2.42. The number of hydrogen-bond donors (Lipinski definition) is 5. The second-order valence-electron chi connectivity index (χ2n) is 2.46. The molecule has 8 heteroatoms. The predicted octanol–water partition coefficient (Wildman–Crippen LogP) is -2.81. The molecule has 0 saturated carbocycles. The van der Waals surface area contributed by atoms with Crippen LogP contribution in [-0.2, 0) is 0 Å². The number of aromatic amines is 2. The van der Waals surface area contributed by atoms with Gasteiger partial charge in [0.2, 0.25) is 0 Å². The van der Waals surface area contributed by atoms with E-state index >= 15 is 0 Å². The van der Waals surface area contributed by atoms with Crippen LogP contribution in [0, 0.1) is 0 Å². The van der Waals surface area contributed by atoms with Crippen LogP contribution in [0.5, 0.6) is 0 Å². The van der Waals surface area contributed by atoms with Crippen LogP contribution >= 0.6 is 0 Å². The van der Waals surface area contributed by atoms with E-state index in [9.17, 15) is 9.59 Å². The highest BCUT2D eigenvalue weighted by Crippen LogP contribution is 1.76. The second-order valence-corrected chi connectivity index (χ2v) is 2.46. The highest BCUT2D eigenvalue weighted by Gasteiger charge is 1.92. The molecule has 0 unspecified atom stereocenters. The van der Waals surface area contributed by atoms with Gasteiger partial charge in [0.05, 0.1) is 11.9 Å². The van der Waals surface area contributed by atoms with Crippen LogP contribution in [0.4, 0.5) is 0 Å². The summed E-state index contributed by atoms with van der Waals surface area (Å²) < 4.78 is 0. The van der Waals surface area contributed by atoms with E-state index in [-0.39, 0.29) is 5.69 Å². The molecular formula is C6H10N6O2. The van der Waals surface area contributed by atoms with Crippen LogP contribution in [0.25, 0.3) is 0 Å². The fraction of sp³-hybridized carbons (Fsp3) is 0.167. The van der Waals surface area contributed by atoms with Crippen molar-refractivity contribution in [2.45, 2.75) is 6.29 Å². The summed E-state index contributed by atoms with van der Waals surface area (Å²) >= 11 is 0. The Bertz CT molecular complexity index is 402. The summed E-state index contributed by atoms with van der Waals surface area (Å²) in [7, 11) is 0. The first-order chi connectivity index (χ1) is 6.58. The molecule has 0 fully saturated rings. The predicted molar refractivity (Wildman–Crippen MR) is 50.6 cm³/mol. The number of nitrogens with zero attached hydrogens (tertiary/aromatic N) is 1. The number of nitrogens with one attached hydrogen (secondary N) is 3. The maximum Gasteiger partial charge on any atom is 0.326 e. The van der Waals surface area contributed by atoms with Crippen LogP contribution in [0.2, 0.25) is 0 Å². The van der Waals surface area contributed by atoms with Gasteiger partial charge < -0.3 is 4.98 Å². The van der Waals surface area contributed by atoms with Gasteiger partial charge in [0.1, 0.15) is 6.29 Å². The van der Waals surface area contributed by atoms with Crippen molar-refractivity contribution < 1.29 is 0 Å². The standard InChI is InChI=1S/C6H10N6O2/c7-5(8)12-9-2-3-1-4(13)11-6(14)10-3/h1-2,5,12H,7-8H2,(H2,10,11,13,14)/b9-2-. The van der Waals surface area contributed by atoms with E-state index < -0.39 is 17.5 Å². The molecule has 0 bridgehead atoms. The number of nitrogens with two attached hydrogens (primary N) is 2. The van der Waals surface area contributed by atoms with Crippen molar-refractivity contribution >= 4 is 6.21 Å². The van der Waals surface area contributed by atoms with E-state index in [0.717, 1.165) is 0 Å². The SMILES string of the molecule is NC(N)N/N=C\c1cc(=O)[nH]c(=O)[nH]1. The molecular weight excluding hydrogens is 188 g/mol. The lowest BCUT2D eigenvalue weighted by Gasteiger charge is -2.01. The third-order valence-electron chi connectivity index (χ3n) is 1.21. The Morgan fingerprint density at radius 2 is 2.14 bits per heavy atom. The molecule has 1 aromatic heterocycles. The lowest BCUT2D eigenvalue weighted by atomic mass is 10.4. The van der Waals surface area contributed by atoms with Gasteiger partial charge in [0.25, 0.3) is 5.56 Å². The molecule has 0 saturated heterocycles.